The minimum Gasteiger partial charge on any atom is -0.406 e. The Labute approximate surface area is 169 Å². The van der Waals surface area contributed by atoms with Crippen LogP contribution in [0.15, 0.2) is 24.3 Å². The average molecular weight is 411 g/mol. The summed E-state index contributed by atoms with van der Waals surface area (Å²) in [6.07, 6.45) is 1.70. The SMILES string of the molecule is O=C1CN(c2cccc(OC(F)(F)F)c2)CCN1CCCN1CCC2(CC1)CC2. The molecule has 5 nitrogen and oxygen atoms in total. The number of amides is 1. The van der Waals surface area contributed by atoms with Crippen LogP contribution in [0.25, 0.3) is 0 Å². The molecule has 1 aliphatic carbocycles. The van der Waals surface area contributed by atoms with Crippen LogP contribution in [0.5, 0.6) is 5.75 Å². The van der Waals surface area contributed by atoms with Gasteiger partial charge in [-0.25, -0.2) is 0 Å². The van der Waals surface area contributed by atoms with E-state index in [0.29, 0.717) is 24.2 Å². The number of ether oxygens (including phenoxy) is 1. The number of nitrogens with zero attached hydrogens (tertiary/aromatic N) is 3. The van der Waals surface area contributed by atoms with Crippen LogP contribution < -0.4 is 9.64 Å². The van der Waals surface area contributed by atoms with E-state index in [2.05, 4.69) is 9.64 Å². The van der Waals surface area contributed by atoms with Gasteiger partial charge in [-0.05, 0) is 69.3 Å². The molecule has 8 heteroatoms. The van der Waals surface area contributed by atoms with Gasteiger partial charge in [-0.15, -0.1) is 13.2 Å². The summed E-state index contributed by atoms with van der Waals surface area (Å²) in [4.78, 5) is 18.7. The first-order valence-electron chi connectivity index (χ1n) is 10.4. The highest BCUT2D eigenvalue weighted by Crippen LogP contribution is 2.53. The zero-order chi connectivity index (χ0) is 20.5. The zero-order valence-corrected chi connectivity index (χ0v) is 16.6. The summed E-state index contributed by atoms with van der Waals surface area (Å²) in [6, 6.07) is 5.81. The topological polar surface area (TPSA) is 36.0 Å². The molecule has 0 bridgehead atoms. The van der Waals surface area contributed by atoms with Gasteiger partial charge in [-0.3, -0.25) is 4.79 Å². The lowest BCUT2D eigenvalue weighted by molar-refractivity contribution is -0.274. The second-order valence-electron chi connectivity index (χ2n) is 8.54. The third-order valence-corrected chi connectivity index (χ3v) is 6.51. The third kappa shape index (κ3) is 5.35. The predicted molar refractivity (Wildman–Crippen MR) is 104 cm³/mol. The monoisotopic (exact) mass is 411 g/mol. The predicted octanol–water partition coefficient (Wildman–Crippen LogP) is 3.50. The van der Waals surface area contributed by atoms with Crippen LogP contribution in [0.1, 0.15) is 32.1 Å². The van der Waals surface area contributed by atoms with Crippen molar-refractivity contribution in [3.05, 3.63) is 24.3 Å². The van der Waals surface area contributed by atoms with E-state index < -0.39 is 6.36 Å². The molecule has 3 aliphatic rings. The first-order valence-corrected chi connectivity index (χ1v) is 10.4. The molecule has 3 fully saturated rings. The van der Waals surface area contributed by atoms with Gasteiger partial charge in [0.15, 0.2) is 0 Å². The molecule has 4 rings (SSSR count). The second kappa shape index (κ2) is 8.05. The average Bonchev–Trinajstić information content (AvgIpc) is 3.43. The van der Waals surface area contributed by atoms with Crippen molar-refractivity contribution >= 4 is 11.6 Å². The van der Waals surface area contributed by atoms with Crippen molar-refractivity contribution in [1.82, 2.24) is 9.80 Å². The molecular formula is C21H28F3N3O2. The Bertz CT molecular complexity index is 726. The number of likely N-dealkylation sites (tertiary alicyclic amines) is 1. The molecule has 0 N–H and O–H groups in total. The van der Waals surface area contributed by atoms with Crippen LogP contribution in [0, 0.1) is 5.41 Å². The number of hydrogen-bond donors (Lipinski definition) is 0. The van der Waals surface area contributed by atoms with Gasteiger partial charge in [0.25, 0.3) is 0 Å². The largest absolute Gasteiger partial charge is 0.573 e. The fraction of sp³-hybridized carbons (Fsp3) is 0.667. The van der Waals surface area contributed by atoms with Crippen LogP contribution in [0.3, 0.4) is 0 Å². The van der Waals surface area contributed by atoms with E-state index in [-0.39, 0.29) is 18.2 Å². The van der Waals surface area contributed by atoms with E-state index in [1.807, 2.05) is 9.80 Å². The van der Waals surface area contributed by atoms with Crippen molar-refractivity contribution in [3.63, 3.8) is 0 Å². The Balaban J connectivity index is 1.22. The smallest absolute Gasteiger partial charge is 0.406 e. The van der Waals surface area contributed by atoms with Crippen LogP contribution in [0.4, 0.5) is 18.9 Å². The summed E-state index contributed by atoms with van der Waals surface area (Å²) in [7, 11) is 0. The zero-order valence-electron chi connectivity index (χ0n) is 16.6. The highest BCUT2D eigenvalue weighted by molar-refractivity contribution is 5.83. The van der Waals surface area contributed by atoms with Crippen LogP contribution in [-0.2, 0) is 4.79 Å². The summed E-state index contributed by atoms with van der Waals surface area (Å²) in [5, 5.41) is 0. The first kappa shape index (κ1) is 20.3. The highest BCUT2D eigenvalue weighted by Gasteiger charge is 2.44. The Hall–Kier alpha value is -1.96. The van der Waals surface area contributed by atoms with Crippen molar-refractivity contribution in [3.8, 4) is 5.75 Å². The quantitative estimate of drug-likeness (QED) is 0.718. The van der Waals surface area contributed by atoms with Gasteiger partial charge in [0.05, 0.1) is 6.54 Å². The number of carbonyl (C=O) groups is 1. The van der Waals surface area contributed by atoms with Crippen molar-refractivity contribution in [2.75, 3.05) is 50.7 Å². The van der Waals surface area contributed by atoms with Gasteiger partial charge < -0.3 is 19.4 Å². The lowest BCUT2D eigenvalue weighted by atomic mass is 9.94. The molecule has 0 unspecified atom stereocenters. The Morgan fingerprint density at radius 2 is 1.76 bits per heavy atom. The maximum Gasteiger partial charge on any atom is 0.573 e. The maximum absolute atomic E-state index is 12.5. The number of carbonyl (C=O) groups excluding carboxylic acids is 1. The number of hydrogen-bond acceptors (Lipinski definition) is 4. The standard InChI is InChI=1S/C21H28F3N3O2/c22-21(23,24)29-18-4-1-3-17(15-18)27-14-13-26(19(28)16-27)10-2-9-25-11-7-20(5-6-20)8-12-25/h1,3-4,15H,2,5-14,16H2. The summed E-state index contributed by atoms with van der Waals surface area (Å²) in [5.74, 6) is -0.242. The summed E-state index contributed by atoms with van der Waals surface area (Å²) in [5.41, 5.74) is 1.26. The van der Waals surface area contributed by atoms with E-state index in [9.17, 15) is 18.0 Å². The van der Waals surface area contributed by atoms with Crippen molar-refractivity contribution in [2.24, 2.45) is 5.41 Å². The number of anilines is 1. The molecule has 1 amide bonds. The molecule has 0 radical (unpaired) electrons. The molecule has 1 aromatic rings. The van der Waals surface area contributed by atoms with Gasteiger partial charge >= 0.3 is 6.36 Å². The molecule has 1 spiro atoms. The minimum absolute atomic E-state index is 0.0222. The molecule has 2 saturated heterocycles. The van der Waals surface area contributed by atoms with Gasteiger partial charge in [0.1, 0.15) is 5.75 Å². The minimum atomic E-state index is -4.72. The summed E-state index contributed by atoms with van der Waals surface area (Å²) < 4.78 is 41.2. The van der Waals surface area contributed by atoms with E-state index in [4.69, 9.17) is 0 Å². The van der Waals surface area contributed by atoms with Crippen LogP contribution in [-0.4, -0.2) is 67.9 Å². The first-order chi connectivity index (χ1) is 13.8. The van der Waals surface area contributed by atoms with E-state index in [1.165, 1.54) is 57.0 Å². The Morgan fingerprint density at radius 1 is 1.00 bits per heavy atom. The number of benzene rings is 1. The summed E-state index contributed by atoms with van der Waals surface area (Å²) >= 11 is 0. The fourth-order valence-electron chi connectivity index (χ4n) is 4.46. The van der Waals surface area contributed by atoms with Crippen molar-refractivity contribution in [2.45, 2.75) is 38.5 Å². The van der Waals surface area contributed by atoms with Crippen molar-refractivity contribution in [1.29, 1.82) is 0 Å². The second-order valence-corrected chi connectivity index (χ2v) is 8.54. The number of piperidine rings is 1. The summed E-state index contributed by atoms with van der Waals surface area (Å²) in [6.45, 7) is 5.50. The lowest BCUT2D eigenvalue weighted by Crippen LogP contribution is -2.51. The number of halogens is 3. The number of alkyl halides is 3. The van der Waals surface area contributed by atoms with Crippen LogP contribution >= 0.6 is 0 Å². The molecule has 0 aromatic heterocycles. The lowest BCUT2D eigenvalue weighted by Gasteiger charge is -2.36. The maximum atomic E-state index is 12.5. The van der Waals surface area contributed by atoms with Gasteiger partial charge in [-0.2, -0.15) is 0 Å². The number of piperazine rings is 1. The number of rotatable bonds is 6. The van der Waals surface area contributed by atoms with E-state index in [0.717, 1.165) is 19.5 Å². The van der Waals surface area contributed by atoms with E-state index >= 15 is 0 Å². The molecule has 0 atom stereocenters. The van der Waals surface area contributed by atoms with Gasteiger partial charge in [0, 0.05) is 31.4 Å². The van der Waals surface area contributed by atoms with Crippen molar-refractivity contribution < 1.29 is 22.7 Å². The Kier molecular flexibility index (Phi) is 5.64. The Morgan fingerprint density at radius 3 is 2.41 bits per heavy atom. The molecule has 29 heavy (non-hydrogen) atoms. The third-order valence-electron chi connectivity index (χ3n) is 6.51. The molecule has 160 valence electrons. The van der Waals surface area contributed by atoms with Crippen LogP contribution in [0.2, 0.25) is 0 Å². The normalized spacial score (nSPS) is 22.2. The van der Waals surface area contributed by atoms with E-state index in [1.54, 1.807) is 6.07 Å². The fourth-order valence-corrected chi connectivity index (χ4v) is 4.46. The van der Waals surface area contributed by atoms with Gasteiger partial charge in [-0.1, -0.05) is 6.07 Å². The molecule has 1 aromatic carbocycles. The molecular weight excluding hydrogens is 383 g/mol. The highest BCUT2D eigenvalue weighted by atomic mass is 19.4. The molecule has 1 saturated carbocycles. The molecule has 2 aliphatic heterocycles. The van der Waals surface area contributed by atoms with Gasteiger partial charge in [0.2, 0.25) is 5.91 Å². The molecule has 2 heterocycles.